The Balaban J connectivity index is 2.34. The van der Waals surface area contributed by atoms with Gasteiger partial charge in [0.2, 0.25) is 0 Å². The van der Waals surface area contributed by atoms with Crippen LogP contribution in [0.2, 0.25) is 0 Å². The van der Waals surface area contributed by atoms with Gasteiger partial charge in [0.1, 0.15) is 0 Å². The molecule has 0 aliphatic heterocycles. The third-order valence-corrected chi connectivity index (χ3v) is 3.76. The summed E-state index contributed by atoms with van der Waals surface area (Å²) < 4.78 is 0. The zero-order valence-corrected chi connectivity index (χ0v) is 13.7. The summed E-state index contributed by atoms with van der Waals surface area (Å²) in [5.74, 6) is 0.724. The van der Waals surface area contributed by atoms with E-state index in [0.717, 1.165) is 36.8 Å². The Kier molecular flexibility index (Phi) is 5.57. The maximum absolute atomic E-state index is 4.76. The minimum Gasteiger partial charge on any atom is -0.374 e. The fourth-order valence-corrected chi connectivity index (χ4v) is 2.44. The standard InChI is InChI=1S/C18H27N3/c1-5-19-13-15-12-18(21(4)11-10-14(2)3)16-8-6-7-9-17(16)20-15/h6-9,12,14,19H,5,10-11,13H2,1-4H3. The van der Waals surface area contributed by atoms with Crippen molar-refractivity contribution < 1.29 is 0 Å². The van der Waals surface area contributed by atoms with Crippen molar-refractivity contribution in [1.82, 2.24) is 10.3 Å². The van der Waals surface area contributed by atoms with Crippen molar-refractivity contribution in [3.8, 4) is 0 Å². The molecule has 1 aromatic carbocycles. The van der Waals surface area contributed by atoms with Crippen LogP contribution in [0.15, 0.2) is 30.3 Å². The maximum atomic E-state index is 4.76. The number of hydrogen-bond acceptors (Lipinski definition) is 3. The normalized spacial score (nSPS) is 11.3. The van der Waals surface area contributed by atoms with Crippen LogP contribution in [0.5, 0.6) is 0 Å². The van der Waals surface area contributed by atoms with Crippen molar-refractivity contribution in [3.63, 3.8) is 0 Å². The number of benzene rings is 1. The molecule has 0 unspecified atom stereocenters. The lowest BCUT2D eigenvalue weighted by molar-refractivity contribution is 0.585. The minimum atomic E-state index is 0.724. The first-order chi connectivity index (χ1) is 10.1. The molecule has 1 N–H and O–H groups in total. The summed E-state index contributed by atoms with van der Waals surface area (Å²) in [6.07, 6.45) is 1.20. The number of para-hydroxylation sites is 1. The molecule has 0 radical (unpaired) electrons. The van der Waals surface area contributed by atoms with Crippen molar-refractivity contribution in [2.24, 2.45) is 5.92 Å². The lowest BCUT2D eigenvalue weighted by atomic mass is 10.1. The Hall–Kier alpha value is -1.61. The van der Waals surface area contributed by atoms with Crippen LogP contribution in [0.3, 0.4) is 0 Å². The fourth-order valence-electron chi connectivity index (χ4n) is 2.44. The van der Waals surface area contributed by atoms with Gasteiger partial charge in [0, 0.05) is 31.2 Å². The number of fused-ring (bicyclic) bond motifs is 1. The summed E-state index contributed by atoms with van der Waals surface area (Å²) in [6.45, 7) is 9.53. The number of nitrogens with zero attached hydrogens (tertiary/aromatic N) is 2. The van der Waals surface area contributed by atoms with E-state index in [1.807, 2.05) is 0 Å². The highest BCUT2D eigenvalue weighted by atomic mass is 15.1. The Morgan fingerprint density at radius 3 is 2.71 bits per heavy atom. The Morgan fingerprint density at radius 2 is 2.00 bits per heavy atom. The van der Waals surface area contributed by atoms with Crippen molar-refractivity contribution in [1.29, 1.82) is 0 Å². The zero-order valence-electron chi connectivity index (χ0n) is 13.7. The van der Waals surface area contributed by atoms with Crippen LogP contribution in [0.1, 0.15) is 32.9 Å². The first-order valence-electron chi connectivity index (χ1n) is 7.92. The number of hydrogen-bond donors (Lipinski definition) is 1. The van der Waals surface area contributed by atoms with Gasteiger partial charge in [0.05, 0.1) is 11.2 Å². The lowest BCUT2D eigenvalue weighted by Crippen LogP contribution is -2.21. The highest BCUT2D eigenvalue weighted by Gasteiger charge is 2.10. The SMILES string of the molecule is CCNCc1cc(N(C)CCC(C)C)c2ccccc2n1. The smallest absolute Gasteiger partial charge is 0.0726 e. The van der Waals surface area contributed by atoms with Crippen LogP contribution in [-0.2, 0) is 6.54 Å². The van der Waals surface area contributed by atoms with E-state index >= 15 is 0 Å². The average Bonchev–Trinajstić information content (AvgIpc) is 2.49. The number of rotatable bonds is 7. The summed E-state index contributed by atoms with van der Waals surface area (Å²) in [7, 11) is 2.18. The van der Waals surface area contributed by atoms with Crippen LogP contribution in [-0.4, -0.2) is 25.1 Å². The molecule has 0 bridgehead atoms. The topological polar surface area (TPSA) is 28.2 Å². The van der Waals surface area contributed by atoms with Gasteiger partial charge in [-0.1, -0.05) is 39.0 Å². The minimum absolute atomic E-state index is 0.724. The van der Waals surface area contributed by atoms with E-state index in [2.05, 4.69) is 68.4 Å². The second-order valence-corrected chi connectivity index (χ2v) is 6.03. The van der Waals surface area contributed by atoms with E-state index in [0.29, 0.717) is 0 Å². The van der Waals surface area contributed by atoms with Gasteiger partial charge < -0.3 is 10.2 Å². The largest absolute Gasteiger partial charge is 0.374 e. The molecular formula is C18H27N3. The third-order valence-electron chi connectivity index (χ3n) is 3.76. The highest BCUT2D eigenvalue weighted by Crippen LogP contribution is 2.26. The molecule has 0 spiro atoms. The van der Waals surface area contributed by atoms with E-state index in [4.69, 9.17) is 4.98 Å². The van der Waals surface area contributed by atoms with Crippen LogP contribution in [0.4, 0.5) is 5.69 Å². The monoisotopic (exact) mass is 285 g/mol. The molecule has 0 aliphatic rings. The van der Waals surface area contributed by atoms with Gasteiger partial charge in [0.25, 0.3) is 0 Å². The first kappa shape index (κ1) is 15.8. The molecule has 3 heteroatoms. The predicted octanol–water partition coefficient (Wildman–Crippen LogP) is 3.83. The summed E-state index contributed by atoms with van der Waals surface area (Å²) in [5.41, 5.74) is 3.48. The molecule has 0 aliphatic carbocycles. The van der Waals surface area contributed by atoms with Gasteiger partial charge in [-0.3, -0.25) is 4.98 Å². The summed E-state index contributed by atoms with van der Waals surface area (Å²) >= 11 is 0. The second-order valence-electron chi connectivity index (χ2n) is 6.03. The van der Waals surface area contributed by atoms with Gasteiger partial charge in [0.15, 0.2) is 0 Å². The molecule has 1 heterocycles. The number of pyridine rings is 1. The van der Waals surface area contributed by atoms with Gasteiger partial charge >= 0.3 is 0 Å². The molecule has 3 nitrogen and oxygen atoms in total. The highest BCUT2D eigenvalue weighted by molar-refractivity contribution is 5.91. The lowest BCUT2D eigenvalue weighted by Gasteiger charge is -2.23. The molecule has 0 fully saturated rings. The molecule has 114 valence electrons. The van der Waals surface area contributed by atoms with Crippen molar-refractivity contribution >= 4 is 16.6 Å². The van der Waals surface area contributed by atoms with Gasteiger partial charge in [-0.2, -0.15) is 0 Å². The van der Waals surface area contributed by atoms with Gasteiger partial charge in [-0.05, 0) is 31.0 Å². The quantitative estimate of drug-likeness (QED) is 0.838. The van der Waals surface area contributed by atoms with Crippen molar-refractivity contribution in [3.05, 3.63) is 36.0 Å². The van der Waals surface area contributed by atoms with Crippen LogP contribution >= 0.6 is 0 Å². The Morgan fingerprint density at radius 1 is 1.24 bits per heavy atom. The van der Waals surface area contributed by atoms with Gasteiger partial charge in [-0.15, -0.1) is 0 Å². The molecule has 0 saturated heterocycles. The molecule has 2 aromatic rings. The fraction of sp³-hybridized carbons (Fsp3) is 0.500. The molecule has 0 amide bonds. The van der Waals surface area contributed by atoms with E-state index in [1.54, 1.807) is 0 Å². The third kappa shape index (κ3) is 4.18. The molecule has 2 rings (SSSR count). The number of nitrogens with one attached hydrogen (secondary N) is 1. The molecular weight excluding hydrogens is 258 g/mol. The maximum Gasteiger partial charge on any atom is 0.0726 e. The van der Waals surface area contributed by atoms with Crippen molar-refractivity contribution in [2.75, 3.05) is 25.0 Å². The van der Waals surface area contributed by atoms with E-state index < -0.39 is 0 Å². The second kappa shape index (κ2) is 7.41. The number of anilines is 1. The summed E-state index contributed by atoms with van der Waals surface area (Å²) in [6, 6.07) is 10.6. The molecule has 0 atom stereocenters. The molecule has 1 aromatic heterocycles. The van der Waals surface area contributed by atoms with E-state index in [1.165, 1.54) is 17.5 Å². The first-order valence-corrected chi connectivity index (χ1v) is 7.92. The number of aromatic nitrogens is 1. The molecule has 21 heavy (non-hydrogen) atoms. The summed E-state index contributed by atoms with van der Waals surface area (Å²) in [5, 5.41) is 4.60. The summed E-state index contributed by atoms with van der Waals surface area (Å²) in [4.78, 5) is 7.12. The van der Waals surface area contributed by atoms with Gasteiger partial charge in [-0.25, -0.2) is 0 Å². The average molecular weight is 285 g/mol. The van der Waals surface area contributed by atoms with E-state index in [9.17, 15) is 0 Å². The Bertz CT molecular complexity index is 578. The van der Waals surface area contributed by atoms with E-state index in [-0.39, 0.29) is 0 Å². The van der Waals surface area contributed by atoms with Crippen molar-refractivity contribution in [2.45, 2.75) is 33.7 Å². The zero-order chi connectivity index (χ0) is 15.2. The van der Waals surface area contributed by atoms with Crippen LogP contribution < -0.4 is 10.2 Å². The van der Waals surface area contributed by atoms with Crippen LogP contribution in [0, 0.1) is 5.92 Å². The molecule has 0 saturated carbocycles. The predicted molar refractivity (Wildman–Crippen MR) is 91.8 cm³/mol. The Labute approximate surface area is 128 Å². The van der Waals surface area contributed by atoms with Crippen LogP contribution in [0.25, 0.3) is 10.9 Å².